The number of aromatic nitrogens is 2. The van der Waals surface area contributed by atoms with E-state index in [0.29, 0.717) is 19.5 Å². The van der Waals surface area contributed by atoms with Crippen LogP contribution in [0, 0.1) is 0 Å². The molecule has 1 aromatic heterocycles. The lowest BCUT2D eigenvalue weighted by molar-refractivity contribution is -0.120. The van der Waals surface area contributed by atoms with Crippen LogP contribution < -0.4 is 10.6 Å². The molecule has 5 nitrogen and oxygen atoms in total. The van der Waals surface area contributed by atoms with E-state index in [1.807, 2.05) is 0 Å². The van der Waals surface area contributed by atoms with Gasteiger partial charge in [-0.15, -0.1) is 0 Å². The van der Waals surface area contributed by atoms with E-state index < -0.39 is 0 Å². The minimum absolute atomic E-state index is 0.0571. The zero-order valence-electron chi connectivity index (χ0n) is 13.2. The molecule has 0 aliphatic heterocycles. The minimum atomic E-state index is 0.0571. The third-order valence-electron chi connectivity index (χ3n) is 4.09. The van der Waals surface area contributed by atoms with Gasteiger partial charge < -0.3 is 10.6 Å². The molecule has 23 heavy (non-hydrogen) atoms. The highest BCUT2D eigenvalue weighted by Gasteiger charge is 2.10. The van der Waals surface area contributed by atoms with Crippen molar-refractivity contribution >= 4 is 11.7 Å². The largest absolute Gasteiger partial charge is 0.367 e. The van der Waals surface area contributed by atoms with Gasteiger partial charge in [0.25, 0.3) is 0 Å². The van der Waals surface area contributed by atoms with Crippen LogP contribution in [0.25, 0.3) is 0 Å². The third kappa shape index (κ3) is 4.52. The van der Waals surface area contributed by atoms with Crippen LogP contribution >= 0.6 is 0 Å². The number of hydrogen-bond acceptors (Lipinski definition) is 4. The minimum Gasteiger partial charge on any atom is -0.367 e. The van der Waals surface area contributed by atoms with E-state index in [4.69, 9.17) is 0 Å². The molecule has 2 aromatic rings. The first-order valence-electron chi connectivity index (χ1n) is 8.18. The molecule has 0 atom stereocenters. The van der Waals surface area contributed by atoms with Gasteiger partial charge >= 0.3 is 0 Å². The monoisotopic (exact) mass is 310 g/mol. The smallest absolute Gasteiger partial charge is 0.224 e. The fourth-order valence-corrected chi connectivity index (χ4v) is 2.93. The first-order valence-corrected chi connectivity index (χ1v) is 8.18. The van der Waals surface area contributed by atoms with Crippen molar-refractivity contribution in [1.29, 1.82) is 0 Å². The van der Waals surface area contributed by atoms with Crippen LogP contribution in [0.2, 0.25) is 0 Å². The van der Waals surface area contributed by atoms with Crippen LogP contribution in [0.4, 0.5) is 5.82 Å². The number of nitrogens with one attached hydrogen (secondary N) is 2. The molecule has 0 bridgehead atoms. The quantitative estimate of drug-likeness (QED) is 0.802. The Morgan fingerprint density at radius 2 is 1.96 bits per heavy atom. The van der Waals surface area contributed by atoms with Crippen molar-refractivity contribution in [1.82, 2.24) is 15.3 Å². The molecular formula is C18H22N4O. The first-order chi connectivity index (χ1) is 11.3. The second kappa shape index (κ2) is 7.72. The lowest BCUT2D eigenvalue weighted by Crippen LogP contribution is -2.30. The summed E-state index contributed by atoms with van der Waals surface area (Å²) in [4.78, 5) is 20.1. The molecule has 2 N–H and O–H groups in total. The Bertz CT molecular complexity index is 657. The van der Waals surface area contributed by atoms with Crippen molar-refractivity contribution in [3.8, 4) is 0 Å². The summed E-state index contributed by atoms with van der Waals surface area (Å²) in [5.74, 6) is 0.776. The topological polar surface area (TPSA) is 66.9 Å². The van der Waals surface area contributed by atoms with E-state index in [-0.39, 0.29) is 5.91 Å². The number of fused-ring (bicyclic) bond motifs is 1. The van der Waals surface area contributed by atoms with Crippen LogP contribution in [0.3, 0.4) is 0 Å². The number of rotatable bonds is 6. The summed E-state index contributed by atoms with van der Waals surface area (Å²) in [5, 5.41) is 6.05. The summed E-state index contributed by atoms with van der Waals surface area (Å²) in [7, 11) is 0. The van der Waals surface area contributed by atoms with Gasteiger partial charge in [0, 0.05) is 25.5 Å². The van der Waals surface area contributed by atoms with Crippen molar-refractivity contribution in [3.05, 3.63) is 53.5 Å². The van der Waals surface area contributed by atoms with Crippen molar-refractivity contribution < 1.29 is 4.79 Å². The molecule has 1 aromatic carbocycles. The normalized spacial score (nSPS) is 13.2. The fourth-order valence-electron chi connectivity index (χ4n) is 2.93. The maximum Gasteiger partial charge on any atom is 0.224 e. The average Bonchev–Trinajstić information content (AvgIpc) is 2.59. The summed E-state index contributed by atoms with van der Waals surface area (Å²) >= 11 is 0. The molecule has 120 valence electrons. The van der Waals surface area contributed by atoms with Gasteiger partial charge in [0.05, 0.1) is 12.6 Å². The Labute approximate surface area is 136 Å². The van der Waals surface area contributed by atoms with Gasteiger partial charge in [-0.3, -0.25) is 9.78 Å². The predicted molar refractivity (Wildman–Crippen MR) is 90.3 cm³/mol. The second-order valence-corrected chi connectivity index (χ2v) is 5.85. The Hall–Kier alpha value is -2.43. The highest BCUT2D eigenvalue weighted by atomic mass is 16.1. The maximum atomic E-state index is 12.0. The van der Waals surface area contributed by atoms with Crippen molar-refractivity contribution in [2.24, 2.45) is 0 Å². The van der Waals surface area contributed by atoms with Crippen LogP contribution in [-0.4, -0.2) is 29.0 Å². The molecule has 5 heteroatoms. The Morgan fingerprint density at radius 1 is 1.09 bits per heavy atom. The Morgan fingerprint density at radius 3 is 2.78 bits per heavy atom. The molecule has 0 spiro atoms. The van der Waals surface area contributed by atoms with E-state index in [2.05, 4.69) is 38.8 Å². The van der Waals surface area contributed by atoms with Gasteiger partial charge in [-0.25, -0.2) is 4.98 Å². The van der Waals surface area contributed by atoms with Crippen LogP contribution in [0.5, 0.6) is 0 Å². The van der Waals surface area contributed by atoms with E-state index >= 15 is 0 Å². The van der Waals surface area contributed by atoms with E-state index in [9.17, 15) is 4.79 Å². The second-order valence-electron chi connectivity index (χ2n) is 5.85. The van der Waals surface area contributed by atoms with Crippen LogP contribution in [0.1, 0.15) is 29.5 Å². The standard InChI is InChI=1S/C18H22N4O/c23-18(22-10-9-21-17-13-19-7-8-20-17)12-14-5-6-15-3-1-2-4-16(15)11-14/h5-8,11,13H,1-4,9-10,12H2,(H,20,21)(H,22,23). The van der Waals surface area contributed by atoms with Gasteiger partial charge in [0.2, 0.25) is 5.91 Å². The molecule has 1 heterocycles. The zero-order chi connectivity index (χ0) is 15.9. The van der Waals surface area contributed by atoms with Crippen LogP contribution in [-0.2, 0) is 24.1 Å². The number of hydrogen-bond donors (Lipinski definition) is 2. The number of amides is 1. The zero-order valence-corrected chi connectivity index (χ0v) is 13.2. The molecule has 0 saturated heterocycles. The molecular weight excluding hydrogens is 288 g/mol. The number of benzene rings is 1. The summed E-state index contributed by atoms with van der Waals surface area (Å²) < 4.78 is 0. The van der Waals surface area contributed by atoms with E-state index in [1.165, 1.54) is 30.4 Å². The summed E-state index contributed by atoms with van der Waals surface area (Å²) in [6.07, 6.45) is 10.2. The molecule has 3 rings (SSSR count). The van der Waals surface area contributed by atoms with Gasteiger partial charge in [-0.1, -0.05) is 18.2 Å². The third-order valence-corrected chi connectivity index (χ3v) is 4.09. The van der Waals surface area contributed by atoms with E-state index in [1.54, 1.807) is 18.6 Å². The van der Waals surface area contributed by atoms with Crippen molar-refractivity contribution in [3.63, 3.8) is 0 Å². The molecule has 0 unspecified atom stereocenters. The van der Waals surface area contributed by atoms with Gasteiger partial charge in [0.1, 0.15) is 5.82 Å². The van der Waals surface area contributed by atoms with Crippen molar-refractivity contribution in [2.75, 3.05) is 18.4 Å². The molecule has 0 saturated carbocycles. The highest BCUT2D eigenvalue weighted by Crippen LogP contribution is 2.22. The molecule has 0 radical (unpaired) electrons. The van der Waals surface area contributed by atoms with Gasteiger partial charge in [0.15, 0.2) is 0 Å². The Kier molecular flexibility index (Phi) is 5.19. The number of carbonyl (C=O) groups excluding carboxylic acids is 1. The number of nitrogens with zero attached hydrogens (tertiary/aromatic N) is 2. The van der Waals surface area contributed by atoms with E-state index in [0.717, 1.165) is 17.8 Å². The summed E-state index contributed by atoms with van der Waals surface area (Å²) in [5.41, 5.74) is 3.98. The number of carbonyl (C=O) groups is 1. The Balaban J connectivity index is 1.42. The first kappa shape index (κ1) is 15.5. The van der Waals surface area contributed by atoms with Crippen LogP contribution in [0.15, 0.2) is 36.8 Å². The number of anilines is 1. The lowest BCUT2D eigenvalue weighted by Gasteiger charge is -2.16. The number of aryl methyl sites for hydroxylation is 2. The molecule has 1 aliphatic carbocycles. The van der Waals surface area contributed by atoms with Gasteiger partial charge in [-0.05, 0) is 42.4 Å². The molecule has 0 fully saturated rings. The SMILES string of the molecule is O=C(Cc1ccc2c(c1)CCCC2)NCCNc1cnccn1. The molecule has 1 aliphatic rings. The molecule has 1 amide bonds. The lowest BCUT2D eigenvalue weighted by atomic mass is 9.90. The highest BCUT2D eigenvalue weighted by molar-refractivity contribution is 5.78. The van der Waals surface area contributed by atoms with Gasteiger partial charge in [-0.2, -0.15) is 0 Å². The maximum absolute atomic E-state index is 12.0. The fraction of sp³-hybridized carbons (Fsp3) is 0.389. The van der Waals surface area contributed by atoms with Crippen molar-refractivity contribution in [2.45, 2.75) is 32.1 Å². The summed E-state index contributed by atoms with van der Waals surface area (Å²) in [6.45, 7) is 1.20. The predicted octanol–water partition coefficient (Wildman–Crippen LogP) is 2.13. The average molecular weight is 310 g/mol. The summed E-state index contributed by atoms with van der Waals surface area (Å²) in [6, 6.07) is 6.47.